The minimum atomic E-state index is -1.17. The molecule has 4 aliphatic rings. The van der Waals surface area contributed by atoms with Gasteiger partial charge in [-0.15, -0.1) is 0 Å². The average Bonchev–Trinajstić information content (AvgIpc) is 3.70. The van der Waals surface area contributed by atoms with E-state index in [1.807, 2.05) is 30.3 Å². The molecule has 11 nitrogen and oxygen atoms in total. The van der Waals surface area contributed by atoms with Crippen molar-refractivity contribution >= 4 is 34.1 Å². The number of carbonyl (C=O) groups is 2. The van der Waals surface area contributed by atoms with Crippen molar-refractivity contribution < 1.29 is 19.2 Å². The first-order valence-electron chi connectivity index (χ1n) is 13.5. The maximum absolute atomic E-state index is 14.6. The summed E-state index contributed by atoms with van der Waals surface area (Å²) in [4.78, 5) is 62.3. The summed E-state index contributed by atoms with van der Waals surface area (Å²) in [5.41, 5.74) is 0.304. The number of rotatable bonds is 3. The molecule has 2 amide bonds. The maximum Gasteiger partial charge on any atom is 0.271 e. The van der Waals surface area contributed by atoms with Gasteiger partial charge in [0.1, 0.15) is 22.8 Å². The fraction of sp³-hybridized carbons (Fsp3) is 0.267. The van der Waals surface area contributed by atoms with Gasteiger partial charge in [-0.25, -0.2) is 9.88 Å². The summed E-state index contributed by atoms with van der Waals surface area (Å²) < 4.78 is 7.06. The van der Waals surface area contributed by atoms with E-state index in [-0.39, 0.29) is 28.7 Å². The van der Waals surface area contributed by atoms with Crippen molar-refractivity contribution in [3.63, 3.8) is 0 Å². The van der Waals surface area contributed by atoms with Gasteiger partial charge in [-0.2, -0.15) is 0 Å². The number of fused-ring (bicyclic) bond motifs is 11. The Kier molecular flexibility index (Phi) is 4.71. The van der Waals surface area contributed by atoms with Crippen molar-refractivity contribution in [1.82, 2.24) is 14.5 Å². The lowest BCUT2D eigenvalue weighted by atomic mass is 9.75. The predicted molar refractivity (Wildman–Crippen MR) is 147 cm³/mol. The van der Waals surface area contributed by atoms with Gasteiger partial charge in [-0.1, -0.05) is 30.3 Å². The number of nitro benzene ring substituents is 1. The first-order valence-corrected chi connectivity index (χ1v) is 13.5. The van der Waals surface area contributed by atoms with Crippen LogP contribution in [-0.2, 0) is 15.1 Å². The number of hydrogen-bond acceptors (Lipinski definition) is 8. The van der Waals surface area contributed by atoms with E-state index in [0.29, 0.717) is 35.4 Å². The van der Waals surface area contributed by atoms with Gasteiger partial charge in [0.05, 0.1) is 40.5 Å². The second kappa shape index (κ2) is 8.07. The zero-order chi connectivity index (χ0) is 28.2. The maximum atomic E-state index is 14.6. The van der Waals surface area contributed by atoms with Gasteiger partial charge in [0.2, 0.25) is 11.8 Å². The molecule has 0 bridgehead atoms. The second-order valence-corrected chi connectivity index (χ2v) is 10.9. The highest BCUT2D eigenvalue weighted by Crippen LogP contribution is 2.62. The van der Waals surface area contributed by atoms with Gasteiger partial charge in [0, 0.05) is 23.7 Å². The molecule has 4 aromatic rings. The van der Waals surface area contributed by atoms with Crippen molar-refractivity contribution in [3.8, 4) is 11.4 Å². The van der Waals surface area contributed by atoms with E-state index in [4.69, 9.17) is 9.72 Å². The van der Waals surface area contributed by atoms with E-state index >= 15 is 0 Å². The summed E-state index contributed by atoms with van der Waals surface area (Å²) in [5, 5.41) is 12.1. The third-order valence-electron chi connectivity index (χ3n) is 9.25. The zero-order valence-electron chi connectivity index (χ0n) is 21.9. The second-order valence-electron chi connectivity index (χ2n) is 10.9. The van der Waals surface area contributed by atoms with E-state index in [1.54, 1.807) is 22.8 Å². The summed E-state index contributed by atoms with van der Waals surface area (Å²) in [7, 11) is 1.39. The van der Waals surface area contributed by atoms with Crippen molar-refractivity contribution in [2.75, 3.05) is 18.6 Å². The van der Waals surface area contributed by atoms with Crippen LogP contribution in [0, 0.1) is 22.0 Å². The molecular formula is C30H23N5O6. The average molecular weight is 550 g/mol. The van der Waals surface area contributed by atoms with E-state index in [9.17, 15) is 24.5 Å². The number of imide groups is 1. The van der Waals surface area contributed by atoms with Gasteiger partial charge in [0.25, 0.3) is 11.2 Å². The Hall–Kier alpha value is -4.90. The number of para-hydroxylation sites is 2. The first kappa shape index (κ1) is 23.9. The quantitative estimate of drug-likeness (QED) is 0.217. The van der Waals surface area contributed by atoms with Crippen LogP contribution in [0.1, 0.15) is 24.2 Å². The number of aromatic nitrogens is 2. The topological polar surface area (TPSA) is 128 Å². The Labute approximate surface area is 232 Å². The third kappa shape index (κ3) is 2.76. The van der Waals surface area contributed by atoms with Gasteiger partial charge in [-0.3, -0.25) is 34.0 Å². The van der Waals surface area contributed by atoms with Crippen molar-refractivity contribution in [3.05, 3.63) is 98.6 Å². The number of methoxy groups -OCH3 is 1. The van der Waals surface area contributed by atoms with Crippen LogP contribution in [0.4, 0.5) is 11.4 Å². The van der Waals surface area contributed by atoms with Crippen LogP contribution in [0.25, 0.3) is 16.6 Å². The highest BCUT2D eigenvalue weighted by Gasteiger charge is 2.74. The zero-order valence-corrected chi connectivity index (χ0v) is 21.9. The normalized spacial score (nSPS) is 26.0. The third-order valence-corrected chi connectivity index (χ3v) is 9.25. The molecule has 8 rings (SSSR count). The van der Waals surface area contributed by atoms with E-state index < -0.39 is 34.1 Å². The fourth-order valence-corrected chi connectivity index (χ4v) is 7.82. The van der Waals surface area contributed by atoms with Crippen LogP contribution in [0.3, 0.4) is 0 Å². The Morgan fingerprint density at radius 2 is 1.78 bits per heavy atom. The van der Waals surface area contributed by atoms with E-state index in [2.05, 4.69) is 4.90 Å². The largest absolute Gasteiger partial charge is 0.495 e. The Morgan fingerprint density at radius 3 is 2.59 bits per heavy atom. The molecule has 3 saturated heterocycles. The summed E-state index contributed by atoms with van der Waals surface area (Å²) in [6.45, 7) is 0.634. The van der Waals surface area contributed by atoms with Crippen LogP contribution >= 0.6 is 0 Å². The molecule has 4 aliphatic heterocycles. The molecule has 41 heavy (non-hydrogen) atoms. The number of ether oxygens (including phenoxy) is 1. The Balaban J connectivity index is 1.42. The fourth-order valence-electron chi connectivity index (χ4n) is 7.82. The number of nitro groups is 1. The molecule has 4 atom stereocenters. The molecule has 11 heteroatoms. The minimum absolute atomic E-state index is 0.0425. The van der Waals surface area contributed by atoms with E-state index in [0.717, 1.165) is 16.9 Å². The lowest BCUT2D eigenvalue weighted by Crippen LogP contribution is -2.51. The van der Waals surface area contributed by atoms with Crippen LogP contribution in [0.5, 0.6) is 5.75 Å². The van der Waals surface area contributed by atoms with Crippen LogP contribution in [0.2, 0.25) is 0 Å². The van der Waals surface area contributed by atoms with Gasteiger partial charge < -0.3 is 4.74 Å². The Morgan fingerprint density at radius 1 is 1.00 bits per heavy atom. The molecule has 0 aliphatic carbocycles. The molecular weight excluding hydrogens is 526 g/mol. The summed E-state index contributed by atoms with van der Waals surface area (Å²) in [5.74, 6) is -1.92. The minimum Gasteiger partial charge on any atom is -0.495 e. The summed E-state index contributed by atoms with van der Waals surface area (Å²) >= 11 is 0. The standard InChI is InChI=1S/C30H23N5O6/c1-41-23-13-12-16(35(39)40)15-22(23)33-27(37)24-21-11-6-14-32(21)30(25(24)28(33)38)18-8-3-5-10-20(18)34-26(36)17-7-2-4-9-19(17)31-29(30)34/h2-5,7-10,12-13,15,21,24-25H,6,11,14H2,1H3/t21-,24-,25+,30-/m0/s1. The molecule has 0 saturated carbocycles. The number of nitrogens with zero attached hydrogens (tertiary/aromatic N) is 5. The monoisotopic (exact) mass is 549 g/mol. The smallest absolute Gasteiger partial charge is 0.271 e. The number of hydrogen-bond donors (Lipinski definition) is 0. The van der Waals surface area contributed by atoms with Gasteiger partial charge >= 0.3 is 0 Å². The molecule has 3 aromatic carbocycles. The molecule has 1 spiro atoms. The number of carbonyl (C=O) groups excluding carboxylic acids is 2. The lowest BCUT2D eigenvalue weighted by Gasteiger charge is -2.38. The van der Waals surface area contributed by atoms with Crippen LogP contribution in [-0.4, -0.2) is 50.9 Å². The van der Waals surface area contributed by atoms with Crippen LogP contribution in [0.15, 0.2) is 71.5 Å². The number of anilines is 1. The van der Waals surface area contributed by atoms with Crippen molar-refractivity contribution in [1.29, 1.82) is 0 Å². The van der Waals surface area contributed by atoms with Gasteiger partial charge in [0.15, 0.2) is 0 Å². The molecule has 5 heterocycles. The predicted octanol–water partition coefficient (Wildman–Crippen LogP) is 3.14. The van der Waals surface area contributed by atoms with Gasteiger partial charge in [-0.05, 0) is 43.7 Å². The van der Waals surface area contributed by atoms with Crippen LogP contribution < -0.4 is 15.2 Å². The first-order chi connectivity index (χ1) is 19.9. The lowest BCUT2D eigenvalue weighted by molar-refractivity contribution is -0.384. The SMILES string of the molecule is COc1ccc([N+](=O)[O-])cc1N1C(=O)[C@H]2[C@@H]3CCCN3[C@@]3(c4ccccc4-n4c3nc3ccccc3c4=O)[C@H]2C1=O. The molecule has 0 unspecified atom stereocenters. The summed E-state index contributed by atoms with van der Waals surface area (Å²) in [6.07, 6.45) is 1.51. The van der Waals surface area contributed by atoms with Crippen molar-refractivity contribution in [2.24, 2.45) is 11.8 Å². The number of benzene rings is 3. The highest BCUT2D eigenvalue weighted by molar-refractivity contribution is 6.24. The van der Waals surface area contributed by atoms with Crippen molar-refractivity contribution in [2.45, 2.75) is 24.4 Å². The molecule has 204 valence electrons. The number of amides is 2. The summed E-state index contributed by atoms with van der Waals surface area (Å²) in [6, 6.07) is 18.2. The molecule has 1 aromatic heterocycles. The molecule has 3 fully saturated rings. The highest BCUT2D eigenvalue weighted by atomic mass is 16.6. The molecule has 0 radical (unpaired) electrons. The molecule has 0 N–H and O–H groups in total. The number of non-ortho nitro benzene ring substituents is 1. The van der Waals surface area contributed by atoms with E-state index in [1.165, 1.54) is 25.3 Å². The Bertz CT molecular complexity index is 1920.